The molecule has 0 atom stereocenters. The summed E-state index contributed by atoms with van der Waals surface area (Å²) in [4.78, 5) is 14.0. The van der Waals surface area contributed by atoms with Gasteiger partial charge in [-0.05, 0) is 30.8 Å². The highest BCUT2D eigenvalue weighted by Crippen LogP contribution is 2.32. The molecular formula is C16H20N2O3S. The van der Waals surface area contributed by atoms with Gasteiger partial charge in [0.25, 0.3) is 5.91 Å². The Bertz CT molecular complexity index is 613. The number of ether oxygens (including phenoxy) is 2. The van der Waals surface area contributed by atoms with Gasteiger partial charge >= 0.3 is 0 Å². The molecule has 118 valence electrons. The zero-order valence-electron chi connectivity index (χ0n) is 13.0. The number of carbonyl (C=O) groups excluding carboxylic acids is 1. The van der Waals surface area contributed by atoms with Crippen LogP contribution in [0.1, 0.15) is 25.3 Å². The Morgan fingerprint density at radius 1 is 1.32 bits per heavy atom. The molecule has 6 heteroatoms. The predicted molar refractivity (Wildman–Crippen MR) is 89.9 cm³/mol. The van der Waals surface area contributed by atoms with Crippen molar-refractivity contribution in [1.82, 2.24) is 10.2 Å². The van der Waals surface area contributed by atoms with Crippen LogP contribution in [-0.4, -0.2) is 36.7 Å². The van der Waals surface area contributed by atoms with Crippen molar-refractivity contribution in [2.24, 2.45) is 0 Å². The van der Waals surface area contributed by atoms with Gasteiger partial charge in [0.1, 0.15) is 5.70 Å². The fraction of sp³-hybridized carbons (Fsp3) is 0.375. The van der Waals surface area contributed by atoms with Crippen LogP contribution >= 0.6 is 12.2 Å². The molecule has 1 saturated heterocycles. The summed E-state index contributed by atoms with van der Waals surface area (Å²) in [5.41, 5.74) is 1.21. The summed E-state index contributed by atoms with van der Waals surface area (Å²) in [5, 5.41) is 3.42. The number of para-hydroxylation sites is 1. The Labute approximate surface area is 135 Å². The maximum atomic E-state index is 12.4. The molecule has 0 bridgehead atoms. The number of thiocarbonyl (C=S) groups is 1. The fourth-order valence-electron chi connectivity index (χ4n) is 2.27. The maximum Gasteiger partial charge on any atom is 0.276 e. The van der Waals surface area contributed by atoms with Gasteiger partial charge in [0.15, 0.2) is 16.6 Å². The maximum absolute atomic E-state index is 12.4. The lowest BCUT2D eigenvalue weighted by Crippen LogP contribution is -2.31. The zero-order valence-corrected chi connectivity index (χ0v) is 13.8. The Kier molecular flexibility index (Phi) is 5.38. The van der Waals surface area contributed by atoms with Crippen molar-refractivity contribution in [1.29, 1.82) is 0 Å². The smallest absolute Gasteiger partial charge is 0.276 e. The van der Waals surface area contributed by atoms with E-state index in [4.69, 9.17) is 21.7 Å². The Morgan fingerprint density at radius 3 is 2.73 bits per heavy atom. The number of hydrogen-bond donors (Lipinski definition) is 1. The number of unbranched alkanes of at least 4 members (excludes halogenated alkanes) is 1. The minimum Gasteiger partial charge on any atom is -0.493 e. The minimum atomic E-state index is -0.108. The summed E-state index contributed by atoms with van der Waals surface area (Å²) < 4.78 is 10.6. The second-order valence-corrected chi connectivity index (χ2v) is 5.27. The number of nitrogens with one attached hydrogen (secondary N) is 1. The highest BCUT2D eigenvalue weighted by molar-refractivity contribution is 7.80. The molecule has 0 radical (unpaired) electrons. The summed E-state index contributed by atoms with van der Waals surface area (Å²) in [6, 6.07) is 5.52. The van der Waals surface area contributed by atoms with Crippen LogP contribution in [0.5, 0.6) is 11.5 Å². The summed E-state index contributed by atoms with van der Waals surface area (Å²) >= 11 is 5.23. The molecule has 0 spiro atoms. The standard InChI is InChI=1S/C16H20N2O3S/c1-4-5-9-18-15(19)12(17-16(18)22)10-11-7-6-8-13(20-2)14(11)21-3/h6-8,10H,4-5,9H2,1-3H3,(H,17,22)/b12-10+. The molecule has 1 aliphatic heterocycles. The van der Waals surface area contributed by atoms with E-state index in [1.807, 2.05) is 18.2 Å². The number of carbonyl (C=O) groups is 1. The lowest BCUT2D eigenvalue weighted by molar-refractivity contribution is -0.122. The van der Waals surface area contributed by atoms with Gasteiger partial charge in [-0.1, -0.05) is 25.5 Å². The number of hydrogen-bond acceptors (Lipinski definition) is 4. The van der Waals surface area contributed by atoms with Crippen molar-refractivity contribution >= 4 is 29.3 Å². The van der Waals surface area contributed by atoms with E-state index in [1.54, 1.807) is 25.2 Å². The first-order valence-electron chi connectivity index (χ1n) is 7.17. The minimum absolute atomic E-state index is 0.108. The van der Waals surface area contributed by atoms with Crippen molar-refractivity contribution in [3.8, 4) is 11.5 Å². The monoisotopic (exact) mass is 320 g/mol. The molecule has 22 heavy (non-hydrogen) atoms. The number of benzene rings is 1. The summed E-state index contributed by atoms with van der Waals surface area (Å²) in [6.07, 6.45) is 3.67. The number of amides is 1. The van der Waals surface area contributed by atoms with Crippen LogP contribution in [0.2, 0.25) is 0 Å². The first kappa shape index (κ1) is 16.3. The largest absolute Gasteiger partial charge is 0.493 e. The third-order valence-corrected chi connectivity index (χ3v) is 3.75. The van der Waals surface area contributed by atoms with Gasteiger partial charge in [0, 0.05) is 12.1 Å². The fourth-order valence-corrected chi connectivity index (χ4v) is 2.56. The lowest BCUT2D eigenvalue weighted by atomic mass is 10.1. The van der Waals surface area contributed by atoms with E-state index in [0.717, 1.165) is 18.4 Å². The van der Waals surface area contributed by atoms with Gasteiger partial charge < -0.3 is 14.8 Å². The van der Waals surface area contributed by atoms with Gasteiger partial charge in [0.05, 0.1) is 14.2 Å². The van der Waals surface area contributed by atoms with Crippen LogP contribution in [-0.2, 0) is 4.79 Å². The van der Waals surface area contributed by atoms with E-state index in [1.165, 1.54) is 0 Å². The van der Waals surface area contributed by atoms with Gasteiger partial charge in [0.2, 0.25) is 0 Å². The SMILES string of the molecule is CCCCN1C(=O)/C(=C\c2cccc(OC)c2OC)NC1=S. The first-order chi connectivity index (χ1) is 10.6. The van der Waals surface area contributed by atoms with Crippen molar-refractivity contribution in [2.75, 3.05) is 20.8 Å². The molecule has 1 aromatic carbocycles. The molecule has 1 fully saturated rings. The van der Waals surface area contributed by atoms with E-state index in [9.17, 15) is 4.79 Å². The zero-order chi connectivity index (χ0) is 16.1. The van der Waals surface area contributed by atoms with Crippen molar-refractivity contribution in [3.05, 3.63) is 29.5 Å². The highest BCUT2D eigenvalue weighted by atomic mass is 32.1. The van der Waals surface area contributed by atoms with Crippen LogP contribution in [0.4, 0.5) is 0 Å². The van der Waals surface area contributed by atoms with Crippen molar-refractivity contribution < 1.29 is 14.3 Å². The van der Waals surface area contributed by atoms with Crippen molar-refractivity contribution in [3.63, 3.8) is 0 Å². The molecule has 0 saturated carbocycles. The average Bonchev–Trinajstić information content (AvgIpc) is 2.79. The summed E-state index contributed by atoms with van der Waals surface area (Å²) in [5.74, 6) is 1.10. The van der Waals surface area contributed by atoms with E-state index < -0.39 is 0 Å². The molecule has 0 unspecified atom stereocenters. The quantitative estimate of drug-likeness (QED) is 0.645. The van der Waals surface area contributed by atoms with Crippen molar-refractivity contribution in [2.45, 2.75) is 19.8 Å². The molecular weight excluding hydrogens is 300 g/mol. The lowest BCUT2D eigenvalue weighted by Gasteiger charge is -2.12. The third-order valence-electron chi connectivity index (χ3n) is 3.43. The van der Waals surface area contributed by atoms with Crippen LogP contribution in [0, 0.1) is 0 Å². The summed E-state index contributed by atoms with van der Waals surface area (Å²) in [7, 11) is 3.15. The molecule has 1 N–H and O–H groups in total. The Hall–Kier alpha value is -2.08. The van der Waals surface area contributed by atoms with Crippen LogP contribution < -0.4 is 14.8 Å². The molecule has 1 amide bonds. The van der Waals surface area contributed by atoms with Crippen LogP contribution in [0.25, 0.3) is 6.08 Å². The second-order valence-electron chi connectivity index (χ2n) is 4.88. The molecule has 1 aliphatic rings. The molecule has 0 aromatic heterocycles. The van der Waals surface area contributed by atoms with E-state index in [0.29, 0.717) is 28.9 Å². The van der Waals surface area contributed by atoms with Crippen LogP contribution in [0.3, 0.4) is 0 Å². The molecule has 5 nitrogen and oxygen atoms in total. The normalized spacial score (nSPS) is 16.1. The highest BCUT2D eigenvalue weighted by Gasteiger charge is 2.30. The molecule has 0 aliphatic carbocycles. The predicted octanol–water partition coefficient (Wildman–Crippen LogP) is 2.56. The van der Waals surface area contributed by atoms with E-state index in [-0.39, 0.29) is 5.91 Å². The Morgan fingerprint density at radius 2 is 2.09 bits per heavy atom. The van der Waals surface area contributed by atoms with E-state index in [2.05, 4.69) is 12.2 Å². The molecule has 1 aromatic rings. The van der Waals surface area contributed by atoms with Crippen LogP contribution in [0.15, 0.2) is 23.9 Å². The van der Waals surface area contributed by atoms with Gasteiger partial charge in [-0.25, -0.2) is 0 Å². The van der Waals surface area contributed by atoms with Gasteiger partial charge in [-0.3, -0.25) is 9.69 Å². The number of methoxy groups -OCH3 is 2. The average molecular weight is 320 g/mol. The number of nitrogens with zero attached hydrogens (tertiary/aromatic N) is 1. The molecule has 1 heterocycles. The topological polar surface area (TPSA) is 50.8 Å². The Balaban J connectivity index is 2.31. The molecule has 2 rings (SSSR count). The van der Waals surface area contributed by atoms with E-state index >= 15 is 0 Å². The van der Waals surface area contributed by atoms with Gasteiger partial charge in [-0.2, -0.15) is 0 Å². The summed E-state index contributed by atoms with van der Waals surface area (Å²) in [6.45, 7) is 2.71. The third kappa shape index (κ3) is 3.22. The first-order valence-corrected chi connectivity index (χ1v) is 7.58. The second kappa shape index (κ2) is 7.26. The van der Waals surface area contributed by atoms with Gasteiger partial charge in [-0.15, -0.1) is 0 Å². The number of rotatable bonds is 6.